The minimum Gasteiger partial charge on any atom is -0.383 e. The van der Waals surface area contributed by atoms with Crippen LogP contribution >= 0.6 is 0 Å². The topological polar surface area (TPSA) is 37.4 Å². The Bertz CT molecular complexity index is 317. The van der Waals surface area contributed by atoms with Gasteiger partial charge in [-0.25, -0.2) is 4.98 Å². The summed E-state index contributed by atoms with van der Waals surface area (Å²) in [7, 11) is 3.82. The molecule has 0 amide bonds. The predicted molar refractivity (Wildman–Crippen MR) is 71.2 cm³/mol. The number of nitrogens with zero attached hydrogens (tertiary/aromatic N) is 2. The SMILES string of the molecule is CCCNc1ncccc1CN(C)CCOC. The van der Waals surface area contributed by atoms with Crippen molar-refractivity contribution in [3.63, 3.8) is 0 Å². The zero-order chi connectivity index (χ0) is 12.5. The lowest BCUT2D eigenvalue weighted by Gasteiger charge is -2.18. The lowest BCUT2D eigenvalue weighted by atomic mass is 10.2. The van der Waals surface area contributed by atoms with Crippen LogP contribution in [-0.2, 0) is 11.3 Å². The number of aromatic nitrogens is 1. The first kappa shape index (κ1) is 13.9. The molecule has 4 heteroatoms. The first-order valence-electron chi connectivity index (χ1n) is 6.13. The van der Waals surface area contributed by atoms with E-state index in [1.807, 2.05) is 12.3 Å². The van der Waals surface area contributed by atoms with Crippen molar-refractivity contribution < 1.29 is 4.74 Å². The molecule has 1 aromatic heterocycles. The van der Waals surface area contributed by atoms with Gasteiger partial charge in [-0.1, -0.05) is 13.0 Å². The van der Waals surface area contributed by atoms with Gasteiger partial charge in [0.25, 0.3) is 0 Å². The molecule has 1 heterocycles. The van der Waals surface area contributed by atoms with Crippen LogP contribution in [0.3, 0.4) is 0 Å². The molecule has 17 heavy (non-hydrogen) atoms. The summed E-state index contributed by atoms with van der Waals surface area (Å²) in [6.07, 6.45) is 2.94. The number of pyridine rings is 1. The minimum absolute atomic E-state index is 0.758. The number of methoxy groups -OCH3 is 1. The highest BCUT2D eigenvalue weighted by atomic mass is 16.5. The molecule has 0 bridgehead atoms. The molecule has 1 aromatic rings. The van der Waals surface area contributed by atoms with Gasteiger partial charge in [0.1, 0.15) is 5.82 Å². The number of ether oxygens (including phenoxy) is 1. The first-order valence-corrected chi connectivity index (χ1v) is 6.13. The molecule has 1 N–H and O–H groups in total. The predicted octanol–water partition coefficient (Wildman–Crippen LogP) is 1.98. The molecule has 1 rings (SSSR count). The third-order valence-electron chi connectivity index (χ3n) is 2.55. The number of rotatable bonds is 8. The van der Waals surface area contributed by atoms with Crippen LogP contribution in [-0.4, -0.2) is 43.7 Å². The second-order valence-electron chi connectivity index (χ2n) is 4.17. The maximum Gasteiger partial charge on any atom is 0.130 e. The average molecular weight is 237 g/mol. The van der Waals surface area contributed by atoms with E-state index in [0.29, 0.717) is 0 Å². The van der Waals surface area contributed by atoms with Crippen LogP contribution in [0.2, 0.25) is 0 Å². The molecule has 0 aliphatic heterocycles. The van der Waals surface area contributed by atoms with Gasteiger partial charge in [-0.3, -0.25) is 4.90 Å². The van der Waals surface area contributed by atoms with Gasteiger partial charge in [-0.05, 0) is 19.5 Å². The Morgan fingerprint density at radius 1 is 1.47 bits per heavy atom. The number of nitrogens with one attached hydrogen (secondary N) is 1. The Balaban J connectivity index is 2.56. The summed E-state index contributed by atoms with van der Waals surface area (Å²) in [5, 5.41) is 3.36. The van der Waals surface area contributed by atoms with Crippen molar-refractivity contribution in [1.29, 1.82) is 0 Å². The summed E-state index contributed by atoms with van der Waals surface area (Å²) in [4.78, 5) is 6.61. The maximum atomic E-state index is 5.07. The Morgan fingerprint density at radius 2 is 2.29 bits per heavy atom. The van der Waals surface area contributed by atoms with E-state index in [4.69, 9.17) is 4.74 Å². The van der Waals surface area contributed by atoms with Crippen LogP contribution in [0.4, 0.5) is 5.82 Å². The lowest BCUT2D eigenvalue weighted by Crippen LogP contribution is -2.23. The van der Waals surface area contributed by atoms with E-state index >= 15 is 0 Å². The monoisotopic (exact) mass is 237 g/mol. The number of likely N-dealkylation sites (N-methyl/N-ethyl adjacent to an activating group) is 1. The molecule has 0 fully saturated rings. The average Bonchev–Trinajstić information content (AvgIpc) is 2.35. The smallest absolute Gasteiger partial charge is 0.130 e. The van der Waals surface area contributed by atoms with Crippen molar-refractivity contribution in [2.45, 2.75) is 19.9 Å². The van der Waals surface area contributed by atoms with E-state index in [0.717, 1.165) is 38.5 Å². The van der Waals surface area contributed by atoms with Gasteiger partial charge in [0, 0.05) is 38.5 Å². The second kappa shape index (κ2) is 8.03. The largest absolute Gasteiger partial charge is 0.383 e. The zero-order valence-corrected chi connectivity index (χ0v) is 11.1. The third-order valence-corrected chi connectivity index (χ3v) is 2.55. The fraction of sp³-hybridized carbons (Fsp3) is 0.615. The fourth-order valence-corrected chi connectivity index (χ4v) is 1.59. The molecule has 0 aromatic carbocycles. The lowest BCUT2D eigenvalue weighted by molar-refractivity contribution is 0.158. The van der Waals surface area contributed by atoms with Crippen molar-refractivity contribution in [2.75, 3.05) is 39.2 Å². The Labute approximate surface area is 104 Å². The molecule has 0 aliphatic carbocycles. The summed E-state index contributed by atoms with van der Waals surface area (Å²) in [5.41, 5.74) is 1.24. The summed E-state index contributed by atoms with van der Waals surface area (Å²) >= 11 is 0. The van der Waals surface area contributed by atoms with E-state index in [9.17, 15) is 0 Å². The highest BCUT2D eigenvalue weighted by Crippen LogP contribution is 2.13. The third kappa shape index (κ3) is 5.15. The Morgan fingerprint density at radius 3 is 3.00 bits per heavy atom. The van der Waals surface area contributed by atoms with Gasteiger partial charge in [-0.15, -0.1) is 0 Å². The van der Waals surface area contributed by atoms with Gasteiger partial charge >= 0.3 is 0 Å². The van der Waals surface area contributed by atoms with E-state index in [2.05, 4.69) is 35.2 Å². The summed E-state index contributed by atoms with van der Waals surface area (Å²) in [6.45, 7) is 5.70. The summed E-state index contributed by atoms with van der Waals surface area (Å²) in [6, 6.07) is 4.10. The van der Waals surface area contributed by atoms with E-state index in [-0.39, 0.29) is 0 Å². The van der Waals surface area contributed by atoms with Crippen molar-refractivity contribution >= 4 is 5.82 Å². The van der Waals surface area contributed by atoms with Gasteiger partial charge in [-0.2, -0.15) is 0 Å². The molecule has 0 radical (unpaired) electrons. The highest BCUT2D eigenvalue weighted by molar-refractivity contribution is 5.43. The fourth-order valence-electron chi connectivity index (χ4n) is 1.59. The second-order valence-corrected chi connectivity index (χ2v) is 4.17. The molecule has 0 saturated heterocycles. The van der Waals surface area contributed by atoms with Crippen molar-refractivity contribution in [2.24, 2.45) is 0 Å². The Kier molecular flexibility index (Phi) is 6.58. The van der Waals surface area contributed by atoms with Gasteiger partial charge in [0.05, 0.1) is 6.61 Å². The van der Waals surface area contributed by atoms with Crippen LogP contribution in [0.1, 0.15) is 18.9 Å². The highest BCUT2D eigenvalue weighted by Gasteiger charge is 2.05. The van der Waals surface area contributed by atoms with E-state index < -0.39 is 0 Å². The number of anilines is 1. The van der Waals surface area contributed by atoms with Crippen molar-refractivity contribution in [1.82, 2.24) is 9.88 Å². The van der Waals surface area contributed by atoms with Crippen LogP contribution in [0.25, 0.3) is 0 Å². The quantitative estimate of drug-likeness (QED) is 0.750. The molecular weight excluding hydrogens is 214 g/mol. The molecule has 0 unspecified atom stereocenters. The van der Waals surface area contributed by atoms with Crippen molar-refractivity contribution in [3.8, 4) is 0 Å². The van der Waals surface area contributed by atoms with Crippen LogP contribution < -0.4 is 5.32 Å². The van der Waals surface area contributed by atoms with Crippen LogP contribution in [0.5, 0.6) is 0 Å². The molecule has 4 nitrogen and oxygen atoms in total. The van der Waals surface area contributed by atoms with Crippen molar-refractivity contribution in [3.05, 3.63) is 23.9 Å². The summed E-state index contributed by atoms with van der Waals surface area (Å²) in [5.74, 6) is 0.999. The zero-order valence-electron chi connectivity index (χ0n) is 11.1. The molecule has 0 saturated carbocycles. The number of hydrogen-bond donors (Lipinski definition) is 1. The molecular formula is C13H23N3O. The van der Waals surface area contributed by atoms with E-state index in [1.54, 1.807) is 7.11 Å². The van der Waals surface area contributed by atoms with Gasteiger partial charge < -0.3 is 10.1 Å². The first-order chi connectivity index (χ1) is 8.27. The normalized spacial score (nSPS) is 10.8. The molecule has 0 atom stereocenters. The van der Waals surface area contributed by atoms with Crippen LogP contribution in [0, 0.1) is 0 Å². The van der Waals surface area contributed by atoms with Gasteiger partial charge in [0.15, 0.2) is 0 Å². The number of hydrogen-bond acceptors (Lipinski definition) is 4. The van der Waals surface area contributed by atoms with E-state index in [1.165, 1.54) is 5.56 Å². The Hall–Kier alpha value is -1.13. The molecule has 96 valence electrons. The molecule has 0 spiro atoms. The minimum atomic E-state index is 0.758. The molecule has 0 aliphatic rings. The van der Waals surface area contributed by atoms with Crippen LogP contribution in [0.15, 0.2) is 18.3 Å². The van der Waals surface area contributed by atoms with Gasteiger partial charge in [0.2, 0.25) is 0 Å². The maximum absolute atomic E-state index is 5.07. The standard InChI is InChI=1S/C13H23N3O/c1-4-7-14-13-12(6-5-8-15-13)11-16(2)9-10-17-3/h5-6,8H,4,7,9-11H2,1-3H3,(H,14,15). The summed E-state index contributed by atoms with van der Waals surface area (Å²) < 4.78 is 5.07.